The monoisotopic (exact) mass is 386 g/mol. The van der Waals surface area contributed by atoms with E-state index < -0.39 is 0 Å². The molecule has 146 valence electrons. The van der Waals surface area contributed by atoms with Crippen molar-refractivity contribution in [1.82, 2.24) is 9.78 Å². The number of benzene rings is 2. The maximum Gasteiger partial charge on any atom is 0.230 e. The average Bonchev–Trinajstić information content (AvgIpc) is 3.40. The number of hydrogen-bond acceptors (Lipinski definition) is 4. The molecule has 1 fully saturated rings. The summed E-state index contributed by atoms with van der Waals surface area (Å²) in [6, 6.07) is 17.5. The number of aromatic nitrogens is 2. The number of carbonyl (C=O) groups excluding carboxylic acids is 1. The molecule has 2 atom stereocenters. The molecule has 0 spiro atoms. The van der Waals surface area contributed by atoms with Crippen LogP contribution in [0.15, 0.2) is 60.9 Å². The Morgan fingerprint density at radius 2 is 2.14 bits per heavy atom. The molecule has 0 unspecified atom stereocenters. The summed E-state index contributed by atoms with van der Waals surface area (Å²) in [6.45, 7) is 3.11. The largest absolute Gasteiger partial charge is 0.373 e. The number of carbonyl (C=O) groups is 1. The van der Waals surface area contributed by atoms with Crippen molar-refractivity contribution in [3.05, 3.63) is 83.2 Å². The van der Waals surface area contributed by atoms with Gasteiger partial charge in [-0.05, 0) is 36.6 Å². The molecular weight excluding hydrogens is 364 g/mol. The van der Waals surface area contributed by atoms with Crippen LogP contribution in [0.4, 0.5) is 5.69 Å². The Hall–Kier alpha value is -3.43. The summed E-state index contributed by atoms with van der Waals surface area (Å²) < 4.78 is 7.75. The van der Waals surface area contributed by atoms with Crippen molar-refractivity contribution >= 4 is 11.6 Å². The fourth-order valence-electron chi connectivity index (χ4n) is 3.62. The van der Waals surface area contributed by atoms with Crippen LogP contribution < -0.4 is 5.32 Å². The number of anilines is 1. The number of nitrogens with one attached hydrogen (secondary N) is 1. The Kier molecular flexibility index (Phi) is 5.41. The van der Waals surface area contributed by atoms with Crippen molar-refractivity contribution in [3.8, 4) is 6.07 Å². The van der Waals surface area contributed by atoms with Crippen molar-refractivity contribution < 1.29 is 9.53 Å². The van der Waals surface area contributed by atoms with E-state index in [4.69, 9.17) is 10.00 Å². The molecule has 0 aliphatic carbocycles. The van der Waals surface area contributed by atoms with Gasteiger partial charge in [0.05, 0.1) is 36.4 Å². The summed E-state index contributed by atoms with van der Waals surface area (Å²) >= 11 is 0. The third-order valence-electron chi connectivity index (χ3n) is 5.22. The minimum absolute atomic E-state index is 0.0958. The lowest BCUT2D eigenvalue weighted by Crippen LogP contribution is -2.25. The minimum atomic E-state index is -0.320. The maximum absolute atomic E-state index is 12.9. The molecule has 2 heterocycles. The highest BCUT2D eigenvalue weighted by atomic mass is 16.5. The van der Waals surface area contributed by atoms with Gasteiger partial charge in [0.2, 0.25) is 5.91 Å². The molecule has 1 saturated heterocycles. The fraction of sp³-hybridized carbons (Fsp3) is 0.261. The Labute approximate surface area is 169 Å². The van der Waals surface area contributed by atoms with Crippen molar-refractivity contribution in [3.63, 3.8) is 0 Å². The molecule has 0 saturated carbocycles. The second-order valence-corrected chi connectivity index (χ2v) is 7.27. The summed E-state index contributed by atoms with van der Waals surface area (Å²) in [7, 11) is 0. The first-order chi connectivity index (χ1) is 14.1. The number of amides is 1. The van der Waals surface area contributed by atoms with Crippen LogP contribution in [0.1, 0.15) is 34.8 Å². The molecule has 0 radical (unpaired) electrons. The first-order valence-corrected chi connectivity index (χ1v) is 9.63. The van der Waals surface area contributed by atoms with Crippen LogP contribution >= 0.6 is 0 Å². The van der Waals surface area contributed by atoms with Crippen LogP contribution in [-0.2, 0) is 16.1 Å². The zero-order valence-corrected chi connectivity index (χ0v) is 16.2. The van der Waals surface area contributed by atoms with Gasteiger partial charge in [0.15, 0.2) is 0 Å². The van der Waals surface area contributed by atoms with Gasteiger partial charge in [0.25, 0.3) is 0 Å². The molecule has 0 bridgehead atoms. The summed E-state index contributed by atoms with van der Waals surface area (Å²) in [5.74, 6) is -0.393. The van der Waals surface area contributed by atoms with E-state index in [1.807, 2.05) is 42.1 Å². The number of nitrogens with zero attached hydrogens (tertiary/aromatic N) is 3. The number of nitriles is 1. The average molecular weight is 386 g/mol. The van der Waals surface area contributed by atoms with Gasteiger partial charge in [-0.3, -0.25) is 9.48 Å². The normalized spacial score (nSPS) is 18.3. The van der Waals surface area contributed by atoms with E-state index in [0.29, 0.717) is 30.8 Å². The molecule has 1 N–H and O–H groups in total. The molecule has 6 heteroatoms. The lowest BCUT2D eigenvalue weighted by Gasteiger charge is -2.18. The summed E-state index contributed by atoms with van der Waals surface area (Å²) in [5, 5.41) is 16.5. The van der Waals surface area contributed by atoms with Gasteiger partial charge in [0, 0.05) is 24.1 Å². The molecular formula is C23H22N4O2. The summed E-state index contributed by atoms with van der Waals surface area (Å²) in [4.78, 5) is 12.9. The van der Waals surface area contributed by atoms with E-state index in [0.717, 1.165) is 16.7 Å². The van der Waals surface area contributed by atoms with Crippen LogP contribution in [0.2, 0.25) is 0 Å². The van der Waals surface area contributed by atoms with Crippen molar-refractivity contribution in [2.24, 2.45) is 5.92 Å². The van der Waals surface area contributed by atoms with Gasteiger partial charge in [-0.2, -0.15) is 10.4 Å². The summed E-state index contributed by atoms with van der Waals surface area (Å²) in [6.07, 6.45) is 4.06. The van der Waals surface area contributed by atoms with Crippen LogP contribution in [-0.4, -0.2) is 22.3 Å². The standard InChI is InChI=1S/C23H22N4O2/c1-16-7-8-18(12-24)11-21(16)26-23(28)20-9-10-29-22(20)19-13-25-27(15-19)14-17-5-3-2-4-6-17/h2-8,11,13,15,20,22H,9-10,14H2,1H3,(H,26,28)/t20-,22+/m0/s1. The lowest BCUT2D eigenvalue weighted by atomic mass is 9.96. The second kappa shape index (κ2) is 8.29. The highest BCUT2D eigenvalue weighted by molar-refractivity contribution is 5.94. The molecule has 1 amide bonds. The Morgan fingerprint density at radius 3 is 2.93 bits per heavy atom. The number of hydrogen-bond donors (Lipinski definition) is 1. The Bertz CT molecular complexity index is 1050. The van der Waals surface area contributed by atoms with Crippen molar-refractivity contribution in [1.29, 1.82) is 5.26 Å². The zero-order valence-electron chi connectivity index (χ0n) is 16.2. The summed E-state index contributed by atoms with van der Waals surface area (Å²) in [5.41, 5.74) is 4.17. The van der Waals surface area contributed by atoms with Gasteiger partial charge in [-0.15, -0.1) is 0 Å². The first-order valence-electron chi connectivity index (χ1n) is 9.63. The second-order valence-electron chi connectivity index (χ2n) is 7.27. The number of rotatable bonds is 5. The van der Waals surface area contributed by atoms with Crippen molar-refractivity contribution in [2.45, 2.75) is 26.0 Å². The molecule has 1 aliphatic rings. The minimum Gasteiger partial charge on any atom is -0.373 e. The van der Waals surface area contributed by atoms with E-state index in [2.05, 4.69) is 28.6 Å². The van der Waals surface area contributed by atoms with Gasteiger partial charge in [-0.25, -0.2) is 0 Å². The third-order valence-corrected chi connectivity index (χ3v) is 5.22. The smallest absolute Gasteiger partial charge is 0.230 e. The molecule has 6 nitrogen and oxygen atoms in total. The predicted molar refractivity (Wildman–Crippen MR) is 109 cm³/mol. The molecule has 1 aliphatic heterocycles. The molecule has 1 aromatic heterocycles. The zero-order chi connectivity index (χ0) is 20.2. The van der Waals surface area contributed by atoms with E-state index in [1.54, 1.807) is 18.3 Å². The van der Waals surface area contributed by atoms with Gasteiger partial charge >= 0.3 is 0 Å². The highest BCUT2D eigenvalue weighted by Gasteiger charge is 2.36. The van der Waals surface area contributed by atoms with Crippen LogP contribution in [0.5, 0.6) is 0 Å². The van der Waals surface area contributed by atoms with Gasteiger partial charge in [0.1, 0.15) is 0 Å². The topological polar surface area (TPSA) is 79.9 Å². The molecule has 29 heavy (non-hydrogen) atoms. The SMILES string of the molecule is Cc1ccc(C#N)cc1NC(=O)[C@H]1CCO[C@@H]1c1cnn(Cc2ccccc2)c1. The number of aryl methyl sites for hydroxylation is 1. The maximum atomic E-state index is 12.9. The van der Waals surface area contributed by atoms with Gasteiger partial charge in [-0.1, -0.05) is 36.4 Å². The van der Waals surface area contributed by atoms with E-state index in [-0.39, 0.29) is 17.9 Å². The fourth-order valence-corrected chi connectivity index (χ4v) is 3.62. The molecule has 4 rings (SSSR count). The van der Waals surface area contributed by atoms with Crippen molar-refractivity contribution in [2.75, 3.05) is 11.9 Å². The Balaban J connectivity index is 1.48. The highest BCUT2D eigenvalue weighted by Crippen LogP contribution is 2.35. The Morgan fingerprint density at radius 1 is 1.31 bits per heavy atom. The van der Waals surface area contributed by atoms with Gasteiger partial charge < -0.3 is 10.1 Å². The third kappa shape index (κ3) is 4.20. The van der Waals surface area contributed by atoms with E-state index >= 15 is 0 Å². The van der Waals surface area contributed by atoms with Crippen LogP contribution in [0, 0.1) is 24.2 Å². The molecule has 3 aromatic rings. The number of ether oxygens (including phenoxy) is 1. The predicted octanol–water partition coefficient (Wildman–Crippen LogP) is 3.83. The van der Waals surface area contributed by atoms with E-state index in [1.165, 1.54) is 0 Å². The lowest BCUT2D eigenvalue weighted by molar-refractivity contribution is -0.121. The molecule has 2 aromatic carbocycles. The van der Waals surface area contributed by atoms with Crippen LogP contribution in [0.25, 0.3) is 0 Å². The first kappa shape index (κ1) is 18.9. The van der Waals surface area contributed by atoms with E-state index in [9.17, 15) is 4.79 Å². The quantitative estimate of drug-likeness (QED) is 0.723. The van der Waals surface area contributed by atoms with Crippen LogP contribution in [0.3, 0.4) is 0 Å².